The van der Waals surface area contributed by atoms with Crippen LogP contribution in [0.25, 0.3) is 0 Å². The zero-order valence-corrected chi connectivity index (χ0v) is 11.8. The van der Waals surface area contributed by atoms with Gasteiger partial charge in [-0.1, -0.05) is 19.4 Å². The molecule has 1 nitrogen and oxygen atoms in total. The third-order valence-corrected chi connectivity index (χ3v) is 4.47. The first-order valence-corrected chi connectivity index (χ1v) is 7.04. The summed E-state index contributed by atoms with van der Waals surface area (Å²) < 4.78 is 13.7. The van der Waals surface area contributed by atoms with E-state index in [1.165, 1.54) is 18.9 Å². The van der Waals surface area contributed by atoms with Gasteiger partial charge in [0.05, 0.1) is 4.47 Å². The third kappa shape index (κ3) is 3.08. The highest BCUT2D eigenvalue weighted by molar-refractivity contribution is 9.10. The van der Waals surface area contributed by atoms with Crippen molar-refractivity contribution in [3.8, 4) is 0 Å². The maximum atomic E-state index is 13.1. The summed E-state index contributed by atoms with van der Waals surface area (Å²) in [6, 6.07) is 5.20. The monoisotopic (exact) mass is 299 g/mol. The SMILES string of the molecule is CCC1CCC(N)(Cc2ccc(F)c(Br)c2)C1. The minimum atomic E-state index is -0.210. The molecule has 1 aliphatic rings. The van der Waals surface area contributed by atoms with Crippen LogP contribution in [0, 0.1) is 11.7 Å². The summed E-state index contributed by atoms with van der Waals surface area (Å²) in [6.45, 7) is 2.23. The molecule has 1 aromatic rings. The number of hydrogen-bond acceptors (Lipinski definition) is 1. The van der Waals surface area contributed by atoms with Gasteiger partial charge in [-0.2, -0.15) is 0 Å². The maximum Gasteiger partial charge on any atom is 0.137 e. The molecule has 2 atom stereocenters. The zero-order valence-electron chi connectivity index (χ0n) is 10.2. The molecule has 2 rings (SSSR count). The summed E-state index contributed by atoms with van der Waals surface area (Å²) in [7, 11) is 0. The van der Waals surface area contributed by atoms with Crippen LogP contribution >= 0.6 is 15.9 Å². The average molecular weight is 300 g/mol. The molecule has 0 spiro atoms. The van der Waals surface area contributed by atoms with Crippen molar-refractivity contribution in [3.05, 3.63) is 34.1 Å². The van der Waals surface area contributed by atoms with Crippen LogP contribution in [-0.2, 0) is 6.42 Å². The molecular formula is C14H19BrFN. The molecule has 3 heteroatoms. The first kappa shape index (κ1) is 13.0. The molecule has 0 saturated heterocycles. The van der Waals surface area contributed by atoms with E-state index in [-0.39, 0.29) is 11.4 Å². The van der Waals surface area contributed by atoms with Gasteiger partial charge >= 0.3 is 0 Å². The van der Waals surface area contributed by atoms with Gasteiger partial charge in [-0.25, -0.2) is 4.39 Å². The lowest BCUT2D eigenvalue weighted by Crippen LogP contribution is -2.39. The smallest absolute Gasteiger partial charge is 0.137 e. The van der Waals surface area contributed by atoms with Crippen molar-refractivity contribution in [1.82, 2.24) is 0 Å². The summed E-state index contributed by atoms with van der Waals surface area (Å²) in [4.78, 5) is 0. The molecule has 1 aliphatic carbocycles. The fraction of sp³-hybridized carbons (Fsp3) is 0.571. The van der Waals surface area contributed by atoms with Crippen LogP contribution in [0.4, 0.5) is 4.39 Å². The van der Waals surface area contributed by atoms with Gasteiger partial charge in [0, 0.05) is 5.54 Å². The van der Waals surface area contributed by atoms with Gasteiger partial charge in [-0.3, -0.25) is 0 Å². The molecule has 0 heterocycles. The van der Waals surface area contributed by atoms with E-state index in [1.54, 1.807) is 0 Å². The third-order valence-electron chi connectivity index (χ3n) is 3.86. The van der Waals surface area contributed by atoms with Crippen LogP contribution in [0.2, 0.25) is 0 Å². The van der Waals surface area contributed by atoms with E-state index in [2.05, 4.69) is 22.9 Å². The molecule has 1 saturated carbocycles. The van der Waals surface area contributed by atoms with Gasteiger partial charge in [-0.15, -0.1) is 0 Å². The maximum absolute atomic E-state index is 13.1. The van der Waals surface area contributed by atoms with Crippen molar-refractivity contribution < 1.29 is 4.39 Å². The van der Waals surface area contributed by atoms with E-state index in [1.807, 2.05) is 12.1 Å². The Bertz CT molecular complexity index is 407. The lowest BCUT2D eigenvalue weighted by Gasteiger charge is -2.24. The number of hydrogen-bond donors (Lipinski definition) is 1. The van der Waals surface area contributed by atoms with Crippen LogP contribution < -0.4 is 5.73 Å². The van der Waals surface area contributed by atoms with Gasteiger partial charge in [0.2, 0.25) is 0 Å². The van der Waals surface area contributed by atoms with Crippen molar-refractivity contribution in [3.63, 3.8) is 0 Å². The molecule has 0 radical (unpaired) electrons. The molecule has 0 aromatic heterocycles. The Labute approximate surface area is 111 Å². The van der Waals surface area contributed by atoms with Crippen LogP contribution in [0.1, 0.15) is 38.2 Å². The predicted molar refractivity (Wildman–Crippen MR) is 72.4 cm³/mol. The van der Waals surface area contributed by atoms with E-state index in [0.29, 0.717) is 4.47 Å². The van der Waals surface area contributed by atoms with E-state index in [0.717, 1.165) is 30.7 Å². The fourth-order valence-corrected chi connectivity index (χ4v) is 3.26. The molecule has 0 aliphatic heterocycles. The second kappa shape index (κ2) is 5.07. The van der Waals surface area contributed by atoms with E-state index in [4.69, 9.17) is 5.73 Å². The summed E-state index contributed by atoms with van der Waals surface area (Å²) in [5, 5.41) is 0. The topological polar surface area (TPSA) is 26.0 Å². The second-order valence-corrected chi connectivity index (χ2v) is 6.16. The molecule has 1 aromatic carbocycles. The molecule has 94 valence electrons. The Morgan fingerprint density at radius 2 is 2.29 bits per heavy atom. The fourth-order valence-electron chi connectivity index (χ4n) is 2.84. The average Bonchev–Trinajstić information content (AvgIpc) is 2.66. The molecule has 2 unspecified atom stereocenters. The Hall–Kier alpha value is -0.410. The van der Waals surface area contributed by atoms with Crippen molar-refractivity contribution in [2.75, 3.05) is 0 Å². The Morgan fingerprint density at radius 1 is 1.53 bits per heavy atom. The normalized spacial score (nSPS) is 28.6. The van der Waals surface area contributed by atoms with E-state index in [9.17, 15) is 4.39 Å². The first-order chi connectivity index (χ1) is 8.02. The Morgan fingerprint density at radius 3 is 2.88 bits per heavy atom. The quantitative estimate of drug-likeness (QED) is 0.896. The Kier molecular flexibility index (Phi) is 3.88. The summed E-state index contributed by atoms with van der Waals surface area (Å²) in [5.41, 5.74) is 7.47. The van der Waals surface area contributed by atoms with Crippen molar-refractivity contribution in [2.45, 2.75) is 44.6 Å². The number of nitrogens with two attached hydrogens (primary N) is 1. The highest BCUT2D eigenvalue weighted by Crippen LogP contribution is 2.37. The van der Waals surface area contributed by atoms with E-state index < -0.39 is 0 Å². The highest BCUT2D eigenvalue weighted by Gasteiger charge is 2.34. The van der Waals surface area contributed by atoms with Gasteiger partial charge in [0.15, 0.2) is 0 Å². The van der Waals surface area contributed by atoms with Crippen molar-refractivity contribution in [2.24, 2.45) is 11.7 Å². The van der Waals surface area contributed by atoms with Crippen LogP contribution in [0.3, 0.4) is 0 Å². The van der Waals surface area contributed by atoms with Gasteiger partial charge in [0.25, 0.3) is 0 Å². The minimum absolute atomic E-state index is 0.0854. The molecule has 1 fully saturated rings. The first-order valence-electron chi connectivity index (χ1n) is 6.25. The van der Waals surface area contributed by atoms with Gasteiger partial charge < -0.3 is 5.73 Å². The summed E-state index contributed by atoms with van der Waals surface area (Å²) in [6.07, 6.45) is 5.48. The highest BCUT2D eigenvalue weighted by atomic mass is 79.9. The van der Waals surface area contributed by atoms with Crippen molar-refractivity contribution in [1.29, 1.82) is 0 Å². The lowest BCUT2D eigenvalue weighted by molar-refractivity contribution is 0.406. The minimum Gasteiger partial charge on any atom is -0.325 e. The zero-order chi connectivity index (χ0) is 12.5. The van der Waals surface area contributed by atoms with Crippen LogP contribution in [0.15, 0.2) is 22.7 Å². The van der Waals surface area contributed by atoms with Gasteiger partial charge in [0.1, 0.15) is 5.82 Å². The molecule has 0 amide bonds. The van der Waals surface area contributed by atoms with Gasteiger partial charge in [-0.05, 0) is 65.2 Å². The standard InChI is InChI=1S/C14H19BrFN/c1-2-10-5-6-14(17,8-10)9-11-3-4-13(16)12(15)7-11/h3-4,7,10H,2,5-6,8-9,17H2,1H3. The Balaban J connectivity index is 2.08. The van der Waals surface area contributed by atoms with Crippen LogP contribution in [0.5, 0.6) is 0 Å². The number of halogens is 2. The summed E-state index contributed by atoms with van der Waals surface area (Å²) in [5.74, 6) is 0.557. The van der Waals surface area contributed by atoms with Crippen molar-refractivity contribution >= 4 is 15.9 Å². The lowest BCUT2D eigenvalue weighted by atomic mass is 9.89. The molecule has 2 N–H and O–H groups in total. The predicted octanol–water partition coefficient (Wildman–Crippen LogP) is 4.04. The van der Waals surface area contributed by atoms with E-state index >= 15 is 0 Å². The largest absolute Gasteiger partial charge is 0.325 e. The second-order valence-electron chi connectivity index (χ2n) is 5.30. The van der Waals surface area contributed by atoms with Crippen LogP contribution in [-0.4, -0.2) is 5.54 Å². The molecule has 0 bridgehead atoms. The number of benzene rings is 1. The number of rotatable bonds is 3. The molecular weight excluding hydrogens is 281 g/mol. The molecule has 17 heavy (non-hydrogen) atoms. The summed E-state index contributed by atoms with van der Waals surface area (Å²) >= 11 is 3.22.